The second kappa shape index (κ2) is 5.63. The van der Waals surface area contributed by atoms with Crippen LogP contribution in [0.1, 0.15) is 51.6 Å². The molecular formula is C15H24N2. The highest BCUT2D eigenvalue weighted by atomic mass is 15.0. The molecule has 0 radical (unpaired) electrons. The molecule has 1 saturated carbocycles. The van der Waals surface area contributed by atoms with Crippen LogP contribution in [0.2, 0.25) is 0 Å². The molecule has 0 aromatic carbocycles. The van der Waals surface area contributed by atoms with Crippen LogP contribution in [0.5, 0.6) is 0 Å². The number of rotatable bonds is 3. The van der Waals surface area contributed by atoms with Gasteiger partial charge in [-0.05, 0) is 36.8 Å². The van der Waals surface area contributed by atoms with Crippen molar-refractivity contribution in [2.24, 2.45) is 11.8 Å². The Morgan fingerprint density at radius 3 is 2.88 bits per heavy atom. The van der Waals surface area contributed by atoms with E-state index in [4.69, 9.17) is 0 Å². The van der Waals surface area contributed by atoms with Gasteiger partial charge in [-0.2, -0.15) is 0 Å². The molecule has 1 aliphatic rings. The maximum atomic E-state index is 4.19. The van der Waals surface area contributed by atoms with Gasteiger partial charge in [0.25, 0.3) is 0 Å². The van der Waals surface area contributed by atoms with Crippen LogP contribution in [0.4, 0.5) is 0 Å². The minimum atomic E-state index is 0.404. The van der Waals surface area contributed by atoms with Crippen molar-refractivity contribution in [3.8, 4) is 0 Å². The molecule has 0 aliphatic heterocycles. The smallest absolute Gasteiger partial charge is 0.0315 e. The molecule has 94 valence electrons. The fourth-order valence-electron chi connectivity index (χ4n) is 2.87. The summed E-state index contributed by atoms with van der Waals surface area (Å²) in [5, 5.41) is 3.78. The van der Waals surface area contributed by atoms with Crippen LogP contribution in [0.15, 0.2) is 24.5 Å². The number of hydrogen-bond acceptors (Lipinski definition) is 2. The topological polar surface area (TPSA) is 24.9 Å². The van der Waals surface area contributed by atoms with Gasteiger partial charge in [-0.3, -0.25) is 4.98 Å². The normalized spacial score (nSPS) is 31.1. The first kappa shape index (κ1) is 12.6. The van der Waals surface area contributed by atoms with E-state index >= 15 is 0 Å². The molecule has 1 aromatic rings. The zero-order valence-corrected chi connectivity index (χ0v) is 11.2. The van der Waals surface area contributed by atoms with E-state index in [2.05, 4.69) is 37.1 Å². The van der Waals surface area contributed by atoms with Gasteiger partial charge >= 0.3 is 0 Å². The first-order valence-electron chi connectivity index (χ1n) is 6.84. The largest absolute Gasteiger partial charge is 0.307 e. The minimum absolute atomic E-state index is 0.404. The fourth-order valence-corrected chi connectivity index (χ4v) is 2.87. The van der Waals surface area contributed by atoms with Gasteiger partial charge in [-0.1, -0.05) is 32.8 Å². The average molecular weight is 232 g/mol. The van der Waals surface area contributed by atoms with Gasteiger partial charge in [-0.25, -0.2) is 0 Å². The van der Waals surface area contributed by atoms with Crippen molar-refractivity contribution in [1.82, 2.24) is 10.3 Å². The molecule has 2 heteroatoms. The van der Waals surface area contributed by atoms with Gasteiger partial charge in [-0.15, -0.1) is 0 Å². The van der Waals surface area contributed by atoms with E-state index < -0.39 is 0 Å². The summed E-state index contributed by atoms with van der Waals surface area (Å²) in [6, 6.07) is 5.23. The lowest BCUT2D eigenvalue weighted by Gasteiger charge is -2.36. The standard InChI is InChI=1S/C15H24N2/c1-11-6-4-8-15(12(11)2)17-13(3)14-7-5-9-16-10-14/h5,7,9-13,15,17H,4,6,8H2,1-3H3. The Labute approximate surface area is 105 Å². The Morgan fingerprint density at radius 2 is 2.18 bits per heavy atom. The van der Waals surface area contributed by atoms with E-state index in [0.717, 1.165) is 11.8 Å². The third kappa shape index (κ3) is 3.06. The monoisotopic (exact) mass is 232 g/mol. The predicted octanol–water partition coefficient (Wildman–Crippen LogP) is 3.56. The third-order valence-electron chi connectivity index (χ3n) is 4.36. The number of aromatic nitrogens is 1. The molecule has 1 N–H and O–H groups in total. The summed E-state index contributed by atoms with van der Waals surface area (Å²) in [5.74, 6) is 1.63. The predicted molar refractivity (Wildman–Crippen MR) is 71.8 cm³/mol. The number of hydrogen-bond donors (Lipinski definition) is 1. The highest BCUT2D eigenvalue weighted by Gasteiger charge is 2.27. The van der Waals surface area contributed by atoms with Crippen LogP contribution in [-0.4, -0.2) is 11.0 Å². The van der Waals surface area contributed by atoms with Gasteiger partial charge in [0.1, 0.15) is 0 Å². The molecular weight excluding hydrogens is 208 g/mol. The molecule has 0 saturated heterocycles. The molecule has 1 fully saturated rings. The lowest BCUT2D eigenvalue weighted by atomic mass is 9.77. The lowest BCUT2D eigenvalue weighted by Crippen LogP contribution is -2.41. The zero-order valence-electron chi connectivity index (χ0n) is 11.2. The van der Waals surface area contributed by atoms with E-state index in [1.807, 2.05) is 18.5 Å². The van der Waals surface area contributed by atoms with Crippen LogP contribution >= 0.6 is 0 Å². The number of nitrogens with zero attached hydrogens (tertiary/aromatic N) is 1. The SMILES string of the molecule is CC(NC1CCCC(C)C1C)c1cccnc1. The van der Waals surface area contributed by atoms with E-state index in [-0.39, 0.29) is 0 Å². The summed E-state index contributed by atoms with van der Waals surface area (Å²) in [4.78, 5) is 4.19. The van der Waals surface area contributed by atoms with Crippen LogP contribution in [0, 0.1) is 11.8 Å². The van der Waals surface area contributed by atoms with Crippen LogP contribution in [-0.2, 0) is 0 Å². The van der Waals surface area contributed by atoms with E-state index in [1.165, 1.54) is 24.8 Å². The molecule has 2 rings (SSSR count). The Hall–Kier alpha value is -0.890. The maximum absolute atomic E-state index is 4.19. The van der Waals surface area contributed by atoms with Crippen LogP contribution < -0.4 is 5.32 Å². The molecule has 1 heterocycles. The van der Waals surface area contributed by atoms with Gasteiger partial charge in [0.15, 0.2) is 0 Å². The van der Waals surface area contributed by atoms with E-state index in [9.17, 15) is 0 Å². The number of nitrogens with one attached hydrogen (secondary N) is 1. The second-order valence-electron chi connectivity index (χ2n) is 5.55. The van der Waals surface area contributed by atoms with Crippen molar-refractivity contribution in [3.63, 3.8) is 0 Å². The van der Waals surface area contributed by atoms with Gasteiger partial charge < -0.3 is 5.32 Å². The minimum Gasteiger partial charge on any atom is -0.307 e. The third-order valence-corrected chi connectivity index (χ3v) is 4.36. The Balaban J connectivity index is 1.96. The fraction of sp³-hybridized carbons (Fsp3) is 0.667. The van der Waals surface area contributed by atoms with Crippen molar-refractivity contribution in [2.45, 2.75) is 52.1 Å². The molecule has 0 bridgehead atoms. The molecule has 4 unspecified atom stereocenters. The lowest BCUT2D eigenvalue weighted by molar-refractivity contribution is 0.196. The van der Waals surface area contributed by atoms with Crippen molar-refractivity contribution in [2.75, 3.05) is 0 Å². The van der Waals surface area contributed by atoms with Crippen molar-refractivity contribution in [1.29, 1.82) is 0 Å². The summed E-state index contributed by atoms with van der Waals surface area (Å²) in [7, 11) is 0. The average Bonchev–Trinajstić information content (AvgIpc) is 2.36. The Kier molecular flexibility index (Phi) is 4.16. The van der Waals surface area contributed by atoms with Gasteiger partial charge in [0, 0.05) is 24.5 Å². The van der Waals surface area contributed by atoms with E-state index in [0.29, 0.717) is 12.1 Å². The molecule has 1 aromatic heterocycles. The van der Waals surface area contributed by atoms with E-state index in [1.54, 1.807) is 0 Å². The molecule has 17 heavy (non-hydrogen) atoms. The first-order valence-corrected chi connectivity index (χ1v) is 6.84. The molecule has 2 nitrogen and oxygen atoms in total. The summed E-state index contributed by atoms with van der Waals surface area (Å²) in [5.41, 5.74) is 1.29. The summed E-state index contributed by atoms with van der Waals surface area (Å²) in [6.07, 6.45) is 7.87. The molecule has 0 amide bonds. The summed E-state index contributed by atoms with van der Waals surface area (Å²) >= 11 is 0. The van der Waals surface area contributed by atoms with Crippen molar-refractivity contribution >= 4 is 0 Å². The highest BCUT2D eigenvalue weighted by molar-refractivity contribution is 5.13. The van der Waals surface area contributed by atoms with Gasteiger partial charge in [0.2, 0.25) is 0 Å². The Bertz CT molecular complexity index is 336. The quantitative estimate of drug-likeness (QED) is 0.862. The first-order chi connectivity index (χ1) is 8.18. The molecule has 1 aliphatic carbocycles. The van der Waals surface area contributed by atoms with Crippen molar-refractivity contribution < 1.29 is 0 Å². The summed E-state index contributed by atoms with van der Waals surface area (Å²) in [6.45, 7) is 7.01. The number of pyridine rings is 1. The summed E-state index contributed by atoms with van der Waals surface area (Å²) < 4.78 is 0. The molecule has 0 spiro atoms. The van der Waals surface area contributed by atoms with Gasteiger partial charge in [0.05, 0.1) is 0 Å². The highest BCUT2D eigenvalue weighted by Crippen LogP contribution is 2.30. The maximum Gasteiger partial charge on any atom is 0.0315 e. The zero-order chi connectivity index (χ0) is 12.3. The second-order valence-corrected chi connectivity index (χ2v) is 5.55. The van der Waals surface area contributed by atoms with Crippen LogP contribution in [0.25, 0.3) is 0 Å². The molecule has 4 atom stereocenters. The van der Waals surface area contributed by atoms with Crippen LogP contribution in [0.3, 0.4) is 0 Å². The van der Waals surface area contributed by atoms with Crippen molar-refractivity contribution in [3.05, 3.63) is 30.1 Å². The Morgan fingerprint density at radius 1 is 1.35 bits per heavy atom.